The maximum atomic E-state index is 12.3. The van der Waals surface area contributed by atoms with Crippen LogP contribution in [0.25, 0.3) is 0 Å². The molecule has 2 rings (SSSR count). The van der Waals surface area contributed by atoms with Crippen molar-refractivity contribution in [1.29, 1.82) is 0 Å². The Morgan fingerprint density at radius 1 is 1.41 bits per heavy atom. The highest BCUT2D eigenvalue weighted by Crippen LogP contribution is 2.19. The first-order chi connectivity index (χ1) is 7.90. The lowest BCUT2D eigenvalue weighted by Gasteiger charge is -2.27. The molecule has 17 heavy (non-hydrogen) atoms. The first-order valence-electron chi connectivity index (χ1n) is 5.53. The van der Waals surface area contributed by atoms with E-state index in [4.69, 9.17) is 0 Å². The second-order valence-corrected chi connectivity index (χ2v) is 4.73. The molecule has 0 spiro atoms. The van der Waals surface area contributed by atoms with Crippen molar-refractivity contribution in [2.75, 3.05) is 11.4 Å². The fourth-order valence-corrected chi connectivity index (χ4v) is 1.88. The Kier molecular flexibility index (Phi) is 2.65. The molecule has 1 aliphatic heterocycles. The maximum absolute atomic E-state index is 12.3. The summed E-state index contributed by atoms with van der Waals surface area (Å²) in [6, 6.07) is 1.77. The van der Waals surface area contributed by atoms with Gasteiger partial charge < -0.3 is 5.32 Å². The van der Waals surface area contributed by atoms with Crippen LogP contribution in [0.5, 0.6) is 0 Å². The fraction of sp³-hybridized carbons (Fsp3) is 0.545. The summed E-state index contributed by atoms with van der Waals surface area (Å²) < 4.78 is 1.63. The molecule has 1 saturated heterocycles. The number of nitrogens with zero attached hydrogens (tertiary/aromatic N) is 3. The number of hydrogen-bond acceptors (Lipinski definition) is 3. The van der Waals surface area contributed by atoms with E-state index in [1.165, 1.54) is 0 Å². The molecule has 1 aliphatic rings. The summed E-state index contributed by atoms with van der Waals surface area (Å²) in [6.07, 6.45) is 2.07. The van der Waals surface area contributed by atoms with Crippen LogP contribution in [0.4, 0.5) is 5.82 Å². The fourth-order valence-electron chi connectivity index (χ4n) is 1.88. The van der Waals surface area contributed by atoms with Gasteiger partial charge in [-0.05, 0) is 13.8 Å². The van der Waals surface area contributed by atoms with Gasteiger partial charge in [0.25, 0.3) is 5.91 Å². The molecule has 6 heteroatoms. The van der Waals surface area contributed by atoms with Crippen molar-refractivity contribution in [2.45, 2.75) is 25.8 Å². The molecule has 1 aromatic rings. The molecule has 92 valence electrons. The van der Waals surface area contributed by atoms with Crippen LogP contribution in [0.3, 0.4) is 0 Å². The molecule has 0 aromatic carbocycles. The third-order valence-electron chi connectivity index (χ3n) is 2.77. The third-order valence-corrected chi connectivity index (χ3v) is 2.77. The van der Waals surface area contributed by atoms with Crippen molar-refractivity contribution in [2.24, 2.45) is 7.05 Å². The lowest BCUT2D eigenvalue weighted by molar-refractivity contribution is -0.128. The number of aryl methyl sites for hydroxylation is 1. The number of hydrogen-bond donors (Lipinski definition) is 1. The molecule has 0 atom stereocenters. The Morgan fingerprint density at radius 2 is 2.12 bits per heavy atom. The van der Waals surface area contributed by atoms with Gasteiger partial charge in [0.1, 0.15) is 5.54 Å². The number of carbonyl (C=O) groups excluding carboxylic acids is 2. The minimum Gasteiger partial charge on any atom is -0.342 e. The van der Waals surface area contributed by atoms with Gasteiger partial charge in [-0.3, -0.25) is 19.2 Å². The van der Waals surface area contributed by atoms with Gasteiger partial charge in [-0.2, -0.15) is 5.10 Å². The van der Waals surface area contributed by atoms with E-state index in [2.05, 4.69) is 10.4 Å². The molecule has 1 aromatic heterocycles. The van der Waals surface area contributed by atoms with E-state index in [0.717, 1.165) is 0 Å². The van der Waals surface area contributed by atoms with E-state index in [1.807, 2.05) is 0 Å². The van der Waals surface area contributed by atoms with Gasteiger partial charge in [0.15, 0.2) is 5.82 Å². The molecular formula is C11H16N4O2. The molecule has 1 fully saturated rings. The molecule has 2 amide bonds. The van der Waals surface area contributed by atoms with Crippen LogP contribution in [0.1, 0.15) is 20.3 Å². The topological polar surface area (TPSA) is 67.2 Å². The van der Waals surface area contributed by atoms with Gasteiger partial charge in [-0.15, -0.1) is 0 Å². The summed E-state index contributed by atoms with van der Waals surface area (Å²) in [4.78, 5) is 25.3. The first-order valence-corrected chi connectivity index (χ1v) is 5.53. The zero-order valence-corrected chi connectivity index (χ0v) is 10.2. The van der Waals surface area contributed by atoms with Crippen LogP contribution in [-0.2, 0) is 16.6 Å². The Labute approximate surface area is 99.6 Å². The lowest BCUT2D eigenvalue weighted by Crippen LogP contribution is -2.53. The quantitative estimate of drug-likeness (QED) is 0.749. The highest BCUT2D eigenvalue weighted by molar-refractivity contribution is 6.03. The van der Waals surface area contributed by atoms with Crippen LogP contribution in [0, 0.1) is 0 Å². The summed E-state index contributed by atoms with van der Waals surface area (Å²) in [5.74, 6) is 0.339. The number of carbonyl (C=O) groups is 2. The third kappa shape index (κ3) is 2.15. The Bertz CT molecular complexity index is 464. The monoisotopic (exact) mass is 236 g/mol. The summed E-state index contributed by atoms with van der Waals surface area (Å²) in [5, 5.41) is 6.91. The van der Waals surface area contributed by atoms with Crippen LogP contribution in [0.2, 0.25) is 0 Å². The predicted octanol–water partition coefficient (Wildman–Crippen LogP) is 0.0516. The lowest BCUT2D eigenvalue weighted by atomic mass is 10.0. The van der Waals surface area contributed by atoms with E-state index >= 15 is 0 Å². The van der Waals surface area contributed by atoms with Crippen molar-refractivity contribution in [3.8, 4) is 0 Å². The van der Waals surface area contributed by atoms with Crippen molar-refractivity contribution in [3.05, 3.63) is 12.3 Å². The SMILES string of the molecule is Cn1ccc(N2CCC(=O)NC(C)(C)C2=O)n1. The van der Waals surface area contributed by atoms with E-state index in [0.29, 0.717) is 18.8 Å². The average molecular weight is 236 g/mol. The van der Waals surface area contributed by atoms with Crippen molar-refractivity contribution in [3.63, 3.8) is 0 Å². The van der Waals surface area contributed by atoms with Crippen LogP contribution < -0.4 is 10.2 Å². The molecule has 0 bridgehead atoms. The van der Waals surface area contributed by atoms with E-state index in [9.17, 15) is 9.59 Å². The van der Waals surface area contributed by atoms with Crippen molar-refractivity contribution in [1.82, 2.24) is 15.1 Å². The second kappa shape index (κ2) is 3.87. The molecule has 6 nitrogen and oxygen atoms in total. The van der Waals surface area contributed by atoms with Crippen molar-refractivity contribution >= 4 is 17.6 Å². The minimum atomic E-state index is -0.884. The number of nitrogens with one attached hydrogen (secondary N) is 1. The van der Waals surface area contributed by atoms with Crippen molar-refractivity contribution < 1.29 is 9.59 Å². The molecule has 0 unspecified atom stereocenters. The van der Waals surface area contributed by atoms with E-state index in [1.54, 1.807) is 42.7 Å². The molecule has 1 N–H and O–H groups in total. The number of aromatic nitrogens is 2. The maximum Gasteiger partial charge on any atom is 0.253 e. The van der Waals surface area contributed by atoms with Crippen LogP contribution >= 0.6 is 0 Å². The van der Waals surface area contributed by atoms with Crippen LogP contribution in [0.15, 0.2) is 12.3 Å². The zero-order valence-electron chi connectivity index (χ0n) is 10.2. The first kappa shape index (κ1) is 11.6. The zero-order chi connectivity index (χ0) is 12.6. The Morgan fingerprint density at radius 3 is 2.71 bits per heavy atom. The number of rotatable bonds is 1. The normalized spacial score (nSPS) is 20.1. The smallest absolute Gasteiger partial charge is 0.253 e. The summed E-state index contributed by atoms with van der Waals surface area (Å²) in [5.41, 5.74) is -0.884. The van der Waals surface area contributed by atoms with Gasteiger partial charge in [-0.25, -0.2) is 0 Å². The highest BCUT2D eigenvalue weighted by Gasteiger charge is 2.37. The largest absolute Gasteiger partial charge is 0.342 e. The molecule has 2 heterocycles. The molecule has 0 saturated carbocycles. The minimum absolute atomic E-state index is 0.109. The Hall–Kier alpha value is -1.85. The van der Waals surface area contributed by atoms with E-state index in [-0.39, 0.29) is 11.8 Å². The summed E-state index contributed by atoms with van der Waals surface area (Å²) in [7, 11) is 1.79. The van der Waals surface area contributed by atoms with Gasteiger partial charge in [0.05, 0.1) is 0 Å². The van der Waals surface area contributed by atoms with Crippen LogP contribution in [-0.4, -0.2) is 33.7 Å². The highest BCUT2D eigenvalue weighted by atomic mass is 16.2. The number of amides is 2. The summed E-state index contributed by atoms with van der Waals surface area (Å²) in [6.45, 7) is 3.77. The number of anilines is 1. The van der Waals surface area contributed by atoms with Gasteiger partial charge in [0.2, 0.25) is 5.91 Å². The average Bonchev–Trinajstić information content (AvgIpc) is 2.60. The summed E-state index contributed by atoms with van der Waals surface area (Å²) >= 11 is 0. The molecule has 0 radical (unpaired) electrons. The molecular weight excluding hydrogens is 220 g/mol. The van der Waals surface area contributed by atoms with E-state index < -0.39 is 5.54 Å². The second-order valence-electron chi connectivity index (χ2n) is 4.73. The van der Waals surface area contributed by atoms with Gasteiger partial charge in [0, 0.05) is 32.3 Å². The molecule has 0 aliphatic carbocycles. The predicted molar refractivity (Wildman–Crippen MR) is 62.4 cm³/mol. The standard InChI is InChI=1S/C11H16N4O2/c1-11(2)10(17)15(7-5-9(16)12-11)8-4-6-14(3)13-8/h4,6H,5,7H2,1-3H3,(H,12,16). The Balaban J connectivity index is 2.33. The van der Waals surface area contributed by atoms with Gasteiger partial charge >= 0.3 is 0 Å². The van der Waals surface area contributed by atoms with Gasteiger partial charge in [-0.1, -0.05) is 0 Å².